The number of aryl methyl sites for hydroxylation is 1. The number of nitrogens with one attached hydrogen (secondary N) is 1. The highest BCUT2D eigenvalue weighted by atomic mass is 19.1. The molecule has 2 heterocycles. The maximum Gasteiger partial charge on any atom is 0.277 e. The van der Waals surface area contributed by atoms with Crippen LogP contribution in [-0.4, -0.2) is 44.5 Å². The van der Waals surface area contributed by atoms with Gasteiger partial charge in [-0.05, 0) is 18.2 Å². The standard InChI is InChI=1S/C17H17FN4O3/c1-2-15-19-5-6-21(15)14-4-3-11(9-12(14)18)20-13-10-16(24)22(7-8-23)17(13)25/h3-6,9-10,20,23H,2,7-8H2,1H3. The van der Waals surface area contributed by atoms with Gasteiger partial charge in [0.05, 0.1) is 18.8 Å². The number of anilines is 1. The normalized spacial score (nSPS) is 14.2. The molecular weight excluding hydrogens is 327 g/mol. The smallest absolute Gasteiger partial charge is 0.277 e. The maximum atomic E-state index is 14.5. The van der Waals surface area contributed by atoms with Crippen molar-refractivity contribution < 1.29 is 19.1 Å². The Morgan fingerprint density at radius 2 is 2.12 bits per heavy atom. The predicted octanol–water partition coefficient (Wildman–Crippen LogP) is 1.23. The summed E-state index contributed by atoms with van der Waals surface area (Å²) in [6, 6.07) is 4.44. The fourth-order valence-corrected chi connectivity index (χ4v) is 2.66. The van der Waals surface area contributed by atoms with Gasteiger partial charge in [-0.25, -0.2) is 9.37 Å². The third-order valence-corrected chi connectivity index (χ3v) is 3.85. The Morgan fingerprint density at radius 1 is 1.32 bits per heavy atom. The summed E-state index contributed by atoms with van der Waals surface area (Å²) in [6.45, 7) is 1.54. The van der Waals surface area contributed by atoms with Gasteiger partial charge in [0, 0.05) is 30.6 Å². The van der Waals surface area contributed by atoms with Crippen LogP contribution in [0, 0.1) is 5.82 Å². The molecule has 0 saturated heterocycles. The van der Waals surface area contributed by atoms with Crippen molar-refractivity contribution in [3.8, 4) is 5.69 Å². The topological polar surface area (TPSA) is 87.5 Å². The van der Waals surface area contributed by atoms with E-state index in [0.717, 1.165) is 16.8 Å². The molecule has 0 aliphatic carbocycles. The molecule has 1 aliphatic rings. The molecule has 2 aromatic rings. The van der Waals surface area contributed by atoms with Gasteiger partial charge >= 0.3 is 0 Å². The number of aliphatic hydroxyl groups excluding tert-OH is 1. The fraction of sp³-hybridized carbons (Fsp3) is 0.235. The first-order valence-corrected chi connectivity index (χ1v) is 7.82. The van der Waals surface area contributed by atoms with Gasteiger partial charge in [0.1, 0.15) is 17.3 Å². The lowest BCUT2D eigenvalue weighted by Gasteiger charge is -2.14. The van der Waals surface area contributed by atoms with E-state index in [4.69, 9.17) is 5.11 Å². The average Bonchev–Trinajstić information content (AvgIpc) is 3.15. The van der Waals surface area contributed by atoms with Crippen molar-refractivity contribution in [2.45, 2.75) is 13.3 Å². The minimum atomic E-state index is -0.550. The minimum absolute atomic E-state index is 0.0440. The number of β-amino-alcohol motifs (C(OH)–C–C–N with tert-alkyl or cyclic N) is 1. The highest BCUT2D eigenvalue weighted by Gasteiger charge is 2.30. The van der Waals surface area contributed by atoms with Gasteiger partial charge in [-0.15, -0.1) is 0 Å². The average molecular weight is 344 g/mol. The molecule has 0 saturated carbocycles. The van der Waals surface area contributed by atoms with Crippen molar-refractivity contribution in [3.05, 3.63) is 54.0 Å². The molecule has 0 fully saturated rings. The van der Waals surface area contributed by atoms with E-state index >= 15 is 0 Å². The summed E-state index contributed by atoms with van der Waals surface area (Å²) in [4.78, 5) is 28.9. The first-order chi connectivity index (χ1) is 12.0. The van der Waals surface area contributed by atoms with Crippen LogP contribution in [0.4, 0.5) is 10.1 Å². The lowest BCUT2D eigenvalue weighted by Crippen LogP contribution is -2.34. The molecule has 1 aromatic carbocycles. The van der Waals surface area contributed by atoms with E-state index in [1.54, 1.807) is 29.1 Å². The Bertz CT molecular complexity index is 859. The molecule has 8 heteroatoms. The summed E-state index contributed by atoms with van der Waals surface area (Å²) in [5.74, 6) is -0.808. The molecule has 0 bridgehead atoms. The zero-order valence-electron chi connectivity index (χ0n) is 13.6. The van der Waals surface area contributed by atoms with Crippen LogP contribution < -0.4 is 5.32 Å². The van der Waals surface area contributed by atoms with Crippen molar-refractivity contribution in [2.24, 2.45) is 0 Å². The molecule has 2 amide bonds. The summed E-state index contributed by atoms with van der Waals surface area (Å²) in [6.07, 6.45) is 5.08. The molecule has 2 N–H and O–H groups in total. The third kappa shape index (κ3) is 3.16. The van der Waals surface area contributed by atoms with Gasteiger partial charge in [-0.3, -0.25) is 14.5 Å². The van der Waals surface area contributed by atoms with E-state index in [2.05, 4.69) is 10.3 Å². The highest BCUT2D eigenvalue weighted by Crippen LogP contribution is 2.22. The summed E-state index contributed by atoms with van der Waals surface area (Å²) in [5, 5.41) is 11.6. The summed E-state index contributed by atoms with van der Waals surface area (Å²) in [7, 11) is 0. The lowest BCUT2D eigenvalue weighted by atomic mass is 10.2. The molecule has 0 atom stereocenters. The Morgan fingerprint density at radius 3 is 2.80 bits per heavy atom. The molecular formula is C17H17FN4O3. The largest absolute Gasteiger partial charge is 0.395 e. The Labute approximate surface area is 143 Å². The van der Waals surface area contributed by atoms with Crippen LogP contribution in [-0.2, 0) is 16.0 Å². The van der Waals surface area contributed by atoms with Crippen molar-refractivity contribution >= 4 is 17.5 Å². The van der Waals surface area contributed by atoms with Crippen LogP contribution in [0.3, 0.4) is 0 Å². The zero-order chi connectivity index (χ0) is 18.0. The van der Waals surface area contributed by atoms with Crippen molar-refractivity contribution in [3.63, 3.8) is 0 Å². The van der Waals surface area contributed by atoms with Gasteiger partial charge in [-0.2, -0.15) is 0 Å². The molecule has 25 heavy (non-hydrogen) atoms. The second kappa shape index (κ2) is 6.86. The number of nitrogens with zero attached hydrogens (tertiary/aromatic N) is 3. The number of hydrogen-bond acceptors (Lipinski definition) is 5. The molecule has 130 valence electrons. The molecule has 0 unspecified atom stereocenters. The summed E-state index contributed by atoms with van der Waals surface area (Å²) in [5.41, 5.74) is 0.741. The van der Waals surface area contributed by atoms with Gasteiger partial charge in [0.15, 0.2) is 0 Å². The second-order valence-corrected chi connectivity index (χ2v) is 5.43. The first kappa shape index (κ1) is 16.8. The van der Waals surface area contributed by atoms with Crippen LogP contribution in [0.15, 0.2) is 42.4 Å². The van der Waals surface area contributed by atoms with E-state index in [9.17, 15) is 14.0 Å². The quantitative estimate of drug-likeness (QED) is 0.770. The summed E-state index contributed by atoms with van der Waals surface area (Å²) < 4.78 is 16.1. The van der Waals surface area contributed by atoms with Crippen molar-refractivity contribution in [2.75, 3.05) is 18.5 Å². The Hall–Kier alpha value is -3.00. The summed E-state index contributed by atoms with van der Waals surface area (Å²) >= 11 is 0. The number of imidazole rings is 1. The molecule has 1 aliphatic heterocycles. The van der Waals surface area contributed by atoms with Crippen molar-refractivity contribution in [1.82, 2.24) is 14.5 Å². The number of imide groups is 1. The predicted molar refractivity (Wildman–Crippen MR) is 88.4 cm³/mol. The zero-order valence-corrected chi connectivity index (χ0v) is 13.6. The number of rotatable bonds is 6. The van der Waals surface area contributed by atoms with E-state index in [1.165, 1.54) is 6.07 Å². The number of aliphatic hydroxyl groups is 1. The second-order valence-electron chi connectivity index (χ2n) is 5.43. The highest BCUT2D eigenvalue weighted by molar-refractivity contribution is 6.17. The van der Waals surface area contributed by atoms with Gasteiger partial charge in [-0.1, -0.05) is 6.92 Å². The monoisotopic (exact) mass is 344 g/mol. The maximum absolute atomic E-state index is 14.5. The van der Waals surface area contributed by atoms with E-state index in [0.29, 0.717) is 17.8 Å². The molecule has 3 rings (SSSR count). The van der Waals surface area contributed by atoms with Gasteiger partial charge < -0.3 is 15.0 Å². The molecule has 0 spiro atoms. The van der Waals surface area contributed by atoms with E-state index < -0.39 is 17.6 Å². The SMILES string of the molecule is CCc1nccn1-c1ccc(NC2=CC(=O)N(CCO)C2=O)cc1F. The van der Waals surface area contributed by atoms with E-state index in [1.807, 2.05) is 6.92 Å². The number of carbonyl (C=O) groups is 2. The van der Waals surface area contributed by atoms with Crippen LogP contribution in [0.5, 0.6) is 0 Å². The molecule has 7 nitrogen and oxygen atoms in total. The lowest BCUT2D eigenvalue weighted by molar-refractivity contribution is -0.137. The van der Waals surface area contributed by atoms with Crippen LogP contribution in [0.1, 0.15) is 12.7 Å². The number of carbonyl (C=O) groups excluding carboxylic acids is 2. The van der Waals surface area contributed by atoms with Gasteiger partial charge in [0.2, 0.25) is 0 Å². The van der Waals surface area contributed by atoms with Gasteiger partial charge in [0.25, 0.3) is 11.8 Å². The van der Waals surface area contributed by atoms with Crippen LogP contribution in [0.25, 0.3) is 5.69 Å². The Kier molecular flexibility index (Phi) is 4.62. The van der Waals surface area contributed by atoms with E-state index in [-0.39, 0.29) is 18.8 Å². The number of amides is 2. The minimum Gasteiger partial charge on any atom is -0.395 e. The number of halogens is 1. The number of benzene rings is 1. The number of aromatic nitrogens is 2. The Balaban J connectivity index is 1.82. The number of hydrogen-bond donors (Lipinski definition) is 2. The first-order valence-electron chi connectivity index (χ1n) is 7.82. The van der Waals surface area contributed by atoms with Crippen LogP contribution >= 0.6 is 0 Å². The third-order valence-electron chi connectivity index (χ3n) is 3.85. The van der Waals surface area contributed by atoms with Crippen LogP contribution in [0.2, 0.25) is 0 Å². The molecule has 1 aromatic heterocycles. The van der Waals surface area contributed by atoms with Crippen molar-refractivity contribution in [1.29, 1.82) is 0 Å². The molecule has 0 radical (unpaired) electrons. The fourth-order valence-electron chi connectivity index (χ4n) is 2.66.